The molecule has 1 N–H and O–H groups in total. The zero-order valence-electron chi connectivity index (χ0n) is 15.5. The number of hydrogen-bond donors (Lipinski definition) is 1. The highest BCUT2D eigenvalue weighted by Gasteiger charge is 2.15. The molecule has 2 heterocycles. The van der Waals surface area contributed by atoms with Gasteiger partial charge in [0.25, 0.3) is 0 Å². The first-order chi connectivity index (χ1) is 13.7. The van der Waals surface area contributed by atoms with Gasteiger partial charge in [0.05, 0.1) is 16.9 Å². The molecule has 7 heteroatoms. The second-order valence-electron chi connectivity index (χ2n) is 6.50. The van der Waals surface area contributed by atoms with E-state index in [0.717, 1.165) is 36.0 Å². The third kappa shape index (κ3) is 3.56. The van der Waals surface area contributed by atoms with Crippen LogP contribution in [0, 0.1) is 17.1 Å². The van der Waals surface area contributed by atoms with E-state index in [1.54, 1.807) is 17.8 Å². The van der Waals surface area contributed by atoms with Gasteiger partial charge < -0.3 is 10.2 Å². The number of thioether (sulfide) groups is 1. The molecule has 0 bridgehead atoms. The fourth-order valence-corrected chi connectivity index (χ4v) is 4.20. The molecule has 1 saturated heterocycles. The normalized spacial score (nSPS) is 14.0. The van der Waals surface area contributed by atoms with E-state index < -0.39 is 5.82 Å². The van der Waals surface area contributed by atoms with Gasteiger partial charge in [-0.25, -0.2) is 9.07 Å². The van der Waals surface area contributed by atoms with Gasteiger partial charge in [-0.05, 0) is 36.4 Å². The number of rotatable bonds is 4. The lowest BCUT2D eigenvalue weighted by atomic mass is 10.1. The predicted octanol–water partition coefficient (Wildman–Crippen LogP) is 4.14. The van der Waals surface area contributed by atoms with Crippen molar-refractivity contribution < 1.29 is 4.39 Å². The lowest BCUT2D eigenvalue weighted by molar-refractivity contribution is 0.624. The van der Waals surface area contributed by atoms with Gasteiger partial charge in [-0.3, -0.25) is 0 Å². The quantitative estimate of drug-likeness (QED) is 0.722. The molecular weight excluding hydrogens is 373 g/mol. The zero-order valence-corrected chi connectivity index (χ0v) is 16.3. The van der Waals surface area contributed by atoms with Crippen molar-refractivity contribution >= 4 is 23.3 Å². The summed E-state index contributed by atoms with van der Waals surface area (Å²) in [4.78, 5) is 2.39. The van der Waals surface area contributed by atoms with Crippen molar-refractivity contribution in [3.63, 3.8) is 0 Å². The van der Waals surface area contributed by atoms with Crippen LogP contribution >= 0.6 is 11.8 Å². The van der Waals surface area contributed by atoms with E-state index in [-0.39, 0.29) is 5.56 Å². The van der Waals surface area contributed by atoms with Crippen molar-refractivity contribution in [3.8, 4) is 23.0 Å². The van der Waals surface area contributed by atoms with E-state index in [4.69, 9.17) is 5.26 Å². The molecule has 1 aliphatic rings. The van der Waals surface area contributed by atoms with E-state index in [1.165, 1.54) is 17.8 Å². The maximum Gasteiger partial charge on any atom is 0.148 e. The van der Waals surface area contributed by atoms with Gasteiger partial charge in [0, 0.05) is 49.0 Å². The summed E-state index contributed by atoms with van der Waals surface area (Å²) >= 11 is 1.99. The summed E-state index contributed by atoms with van der Waals surface area (Å²) < 4.78 is 15.9. The predicted molar refractivity (Wildman–Crippen MR) is 113 cm³/mol. The summed E-state index contributed by atoms with van der Waals surface area (Å²) in [6.45, 7) is 2.12. The Balaban J connectivity index is 1.71. The van der Waals surface area contributed by atoms with Crippen LogP contribution in [0.5, 0.6) is 0 Å². The minimum atomic E-state index is -0.530. The van der Waals surface area contributed by atoms with E-state index in [1.807, 2.05) is 36.0 Å². The summed E-state index contributed by atoms with van der Waals surface area (Å²) in [5, 5.41) is 16.6. The SMILES string of the molecule is CNc1cc(-c2ccc(C#N)c(F)c2)n(-c2ccc(N3CCSCC3)cc2)n1. The van der Waals surface area contributed by atoms with Gasteiger partial charge in [0.2, 0.25) is 0 Å². The van der Waals surface area contributed by atoms with Crippen LogP contribution in [0.25, 0.3) is 16.9 Å². The number of nitriles is 1. The lowest BCUT2D eigenvalue weighted by Gasteiger charge is -2.28. The number of benzene rings is 2. The highest BCUT2D eigenvalue weighted by molar-refractivity contribution is 7.99. The topological polar surface area (TPSA) is 56.9 Å². The molecule has 2 aromatic carbocycles. The molecule has 5 nitrogen and oxygen atoms in total. The van der Waals surface area contributed by atoms with Gasteiger partial charge in [-0.2, -0.15) is 17.0 Å². The van der Waals surface area contributed by atoms with Crippen LogP contribution < -0.4 is 10.2 Å². The molecule has 4 rings (SSSR count). The number of halogens is 1. The lowest BCUT2D eigenvalue weighted by Crippen LogP contribution is -2.32. The van der Waals surface area contributed by atoms with Gasteiger partial charge in [-0.1, -0.05) is 6.07 Å². The molecule has 142 valence electrons. The average molecular weight is 393 g/mol. The Bertz CT molecular complexity index is 1020. The number of nitrogens with zero attached hydrogens (tertiary/aromatic N) is 4. The smallest absolute Gasteiger partial charge is 0.148 e. The molecular formula is C21H20FN5S. The first-order valence-electron chi connectivity index (χ1n) is 9.10. The Labute approximate surface area is 167 Å². The molecule has 0 amide bonds. The largest absolute Gasteiger partial charge is 0.372 e. The summed E-state index contributed by atoms with van der Waals surface area (Å²) in [5.41, 5.74) is 3.57. The van der Waals surface area contributed by atoms with E-state index in [9.17, 15) is 4.39 Å². The molecule has 0 radical (unpaired) electrons. The molecule has 0 spiro atoms. The van der Waals surface area contributed by atoms with Crippen LogP contribution in [-0.4, -0.2) is 41.4 Å². The molecule has 0 aliphatic carbocycles. The van der Waals surface area contributed by atoms with Crippen molar-refractivity contribution in [2.75, 3.05) is 41.9 Å². The Morgan fingerprint density at radius 3 is 2.43 bits per heavy atom. The number of hydrogen-bond acceptors (Lipinski definition) is 5. The molecule has 1 aliphatic heterocycles. The third-order valence-corrected chi connectivity index (χ3v) is 5.76. The second-order valence-corrected chi connectivity index (χ2v) is 7.72. The maximum absolute atomic E-state index is 14.1. The summed E-state index contributed by atoms with van der Waals surface area (Å²) in [7, 11) is 1.80. The molecule has 1 aromatic heterocycles. The van der Waals surface area contributed by atoms with Crippen molar-refractivity contribution in [1.82, 2.24) is 9.78 Å². The second kappa shape index (κ2) is 7.95. The number of anilines is 2. The minimum absolute atomic E-state index is 0.0349. The summed E-state index contributed by atoms with van der Waals surface area (Å²) in [5.74, 6) is 2.47. The van der Waals surface area contributed by atoms with Crippen molar-refractivity contribution in [1.29, 1.82) is 5.26 Å². The molecule has 1 fully saturated rings. The molecule has 3 aromatic rings. The van der Waals surface area contributed by atoms with Crippen LogP contribution in [0.4, 0.5) is 15.9 Å². The van der Waals surface area contributed by atoms with Crippen LogP contribution in [0.2, 0.25) is 0 Å². The van der Waals surface area contributed by atoms with E-state index in [0.29, 0.717) is 11.4 Å². The first-order valence-corrected chi connectivity index (χ1v) is 10.3. The number of aromatic nitrogens is 2. The average Bonchev–Trinajstić information content (AvgIpc) is 3.19. The standard InChI is InChI=1S/C21H20FN5S/c1-24-21-13-20(15-2-3-16(14-23)19(22)12-15)27(25-21)18-6-4-17(5-7-18)26-8-10-28-11-9-26/h2-7,12-13H,8-11H2,1H3,(H,24,25). The van der Waals surface area contributed by atoms with E-state index >= 15 is 0 Å². The maximum atomic E-state index is 14.1. The number of nitrogens with one attached hydrogen (secondary N) is 1. The van der Waals surface area contributed by atoms with Crippen LogP contribution in [-0.2, 0) is 0 Å². The van der Waals surface area contributed by atoms with Crippen molar-refractivity contribution in [2.24, 2.45) is 0 Å². The zero-order chi connectivity index (χ0) is 19.5. The van der Waals surface area contributed by atoms with Crippen LogP contribution in [0.3, 0.4) is 0 Å². The Hall–Kier alpha value is -2.98. The highest BCUT2D eigenvalue weighted by Crippen LogP contribution is 2.28. The summed E-state index contributed by atoms with van der Waals surface area (Å²) in [6, 6.07) is 16.6. The van der Waals surface area contributed by atoms with Gasteiger partial charge >= 0.3 is 0 Å². The fraction of sp³-hybridized carbons (Fsp3) is 0.238. The monoisotopic (exact) mass is 393 g/mol. The van der Waals surface area contributed by atoms with Crippen molar-refractivity contribution in [2.45, 2.75) is 0 Å². The van der Waals surface area contributed by atoms with Gasteiger partial charge in [-0.15, -0.1) is 5.10 Å². The van der Waals surface area contributed by atoms with Gasteiger partial charge in [0.1, 0.15) is 17.7 Å². The Morgan fingerprint density at radius 2 is 1.79 bits per heavy atom. The fourth-order valence-electron chi connectivity index (χ4n) is 3.30. The third-order valence-electron chi connectivity index (χ3n) is 4.82. The van der Waals surface area contributed by atoms with Gasteiger partial charge in [0.15, 0.2) is 0 Å². The Kier molecular flexibility index (Phi) is 5.22. The van der Waals surface area contributed by atoms with Crippen LogP contribution in [0.1, 0.15) is 5.56 Å². The molecule has 0 saturated carbocycles. The molecule has 28 heavy (non-hydrogen) atoms. The summed E-state index contributed by atoms with van der Waals surface area (Å²) in [6.07, 6.45) is 0. The van der Waals surface area contributed by atoms with Crippen LogP contribution in [0.15, 0.2) is 48.5 Å². The van der Waals surface area contributed by atoms with E-state index in [2.05, 4.69) is 27.4 Å². The van der Waals surface area contributed by atoms with Crippen molar-refractivity contribution in [3.05, 3.63) is 59.9 Å². The molecule has 0 atom stereocenters. The Morgan fingerprint density at radius 1 is 1.07 bits per heavy atom. The highest BCUT2D eigenvalue weighted by atomic mass is 32.2. The first kappa shape index (κ1) is 18.4. The molecule has 0 unspecified atom stereocenters. The minimum Gasteiger partial charge on any atom is -0.372 e.